The Morgan fingerprint density at radius 2 is 2.00 bits per heavy atom. The quantitative estimate of drug-likeness (QED) is 0.553. The molecule has 0 unspecified atom stereocenters. The summed E-state index contributed by atoms with van der Waals surface area (Å²) < 4.78 is 12.0. The second-order valence-corrected chi connectivity index (χ2v) is 7.91. The number of rotatable bonds is 5. The number of carbonyl (C=O) groups excluding carboxylic acids is 2. The number of benzene rings is 2. The number of imide groups is 1. The van der Waals surface area contributed by atoms with Crippen molar-refractivity contribution in [3.8, 4) is 11.5 Å². The van der Waals surface area contributed by atoms with Gasteiger partial charge in [0.05, 0.1) is 16.5 Å². The minimum atomic E-state index is -0.320. The molecule has 27 heavy (non-hydrogen) atoms. The van der Waals surface area contributed by atoms with Crippen LogP contribution < -0.4 is 9.47 Å². The lowest BCUT2D eigenvalue weighted by Crippen LogP contribution is -2.22. The zero-order valence-electron chi connectivity index (χ0n) is 14.5. The van der Waals surface area contributed by atoms with Crippen LogP contribution >= 0.6 is 39.3 Å². The highest BCUT2D eigenvalue weighted by Crippen LogP contribution is 2.39. The van der Waals surface area contributed by atoms with E-state index in [1.54, 1.807) is 24.3 Å². The molecule has 2 aromatic rings. The Labute approximate surface area is 174 Å². The zero-order valence-corrected chi connectivity index (χ0v) is 17.7. The average Bonchev–Trinajstić information content (AvgIpc) is 2.88. The Kier molecular flexibility index (Phi) is 6.14. The lowest BCUT2D eigenvalue weighted by molar-refractivity contribution is -0.121. The fourth-order valence-corrected chi connectivity index (χ4v) is 4.02. The van der Waals surface area contributed by atoms with Gasteiger partial charge >= 0.3 is 0 Å². The topological polar surface area (TPSA) is 55.8 Å². The first kappa shape index (κ1) is 19.8. The first-order chi connectivity index (χ1) is 12.9. The van der Waals surface area contributed by atoms with E-state index >= 15 is 0 Å². The Hall–Kier alpha value is -1.96. The maximum Gasteiger partial charge on any atom is 0.293 e. The van der Waals surface area contributed by atoms with E-state index in [1.165, 1.54) is 14.2 Å². The van der Waals surface area contributed by atoms with Crippen molar-refractivity contribution < 1.29 is 19.1 Å². The molecule has 2 aromatic carbocycles. The Morgan fingerprint density at radius 1 is 1.26 bits per heavy atom. The molecule has 0 atom stereocenters. The van der Waals surface area contributed by atoms with E-state index in [0.29, 0.717) is 31.5 Å². The van der Waals surface area contributed by atoms with Crippen LogP contribution in [0.3, 0.4) is 0 Å². The van der Waals surface area contributed by atoms with E-state index in [2.05, 4.69) is 15.9 Å². The molecular weight excluding hydrogens is 454 g/mol. The van der Waals surface area contributed by atoms with Gasteiger partial charge in [-0.3, -0.25) is 14.5 Å². The molecule has 0 N–H and O–H groups in total. The molecule has 0 radical (unpaired) electrons. The summed E-state index contributed by atoms with van der Waals surface area (Å²) in [5.41, 5.74) is 1.57. The molecule has 0 aliphatic carbocycles. The largest absolute Gasteiger partial charge is 0.493 e. The van der Waals surface area contributed by atoms with E-state index in [0.717, 1.165) is 22.2 Å². The molecule has 1 fully saturated rings. The Morgan fingerprint density at radius 3 is 2.63 bits per heavy atom. The molecule has 0 saturated carbocycles. The summed E-state index contributed by atoms with van der Waals surface area (Å²) >= 11 is 10.6. The summed E-state index contributed by atoms with van der Waals surface area (Å²) in [6.45, 7) is 0.280. The van der Waals surface area contributed by atoms with Crippen LogP contribution in [0.5, 0.6) is 11.5 Å². The van der Waals surface area contributed by atoms with Crippen molar-refractivity contribution in [2.75, 3.05) is 14.2 Å². The fraction of sp³-hybridized carbons (Fsp3) is 0.158. The molecule has 0 aromatic heterocycles. The number of amides is 2. The number of methoxy groups -OCH3 is 1. The van der Waals surface area contributed by atoms with E-state index in [-0.39, 0.29) is 17.8 Å². The van der Waals surface area contributed by atoms with Crippen molar-refractivity contribution in [3.63, 3.8) is 0 Å². The van der Waals surface area contributed by atoms with Crippen molar-refractivity contribution >= 4 is 56.5 Å². The molecular formula is C19H15BrClNO4S. The predicted molar refractivity (Wildman–Crippen MR) is 110 cm³/mol. The smallest absolute Gasteiger partial charge is 0.293 e. The maximum atomic E-state index is 12.1. The SMILES string of the molecule is COc1cc(/C=C2/SC(=O)N(C)C2=O)cc(Br)c1OCc1ccccc1Cl. The Balaban J connectivity index is 1.87. The van der Waals surface area contributed by atoms with Crippen LogP contribution in [0, 0.1) is 0 Å². The summed E-state index contributed by atoms with van der Waals surface area (Å²) in [5, 5.41) is 0.330. The van der Waals surface area contributed by atoms with Gasteiger partial charge in [-0.05, 0) is 57.5 Å². The number of likely N-dealkylation sites (N-methyl/N-ethyl adjacent to an activating group) is 1. The van der Waals surface area contributed by atoms with Crippen LogP contribution in [-0.4, -0.2) is 30.2 Å². The summed E-state index contributed by atoms with van der Waals surface area (Å²) in [7, 11) is 2.99. The van der Waals surface area contributed by atoms with Gasteiger partial charge in [0.1, 0.15) is 6.61 Å². The van der Waals surface area contributed by atoms with Gasteiger partial charge in [0, 0.05) is 17.6 Å². The third kappa shape index (κ3) is 4.31. The Bertz CT molecular complexity index is 947. The summed E-state index contributed by atoms with van der Waals surface area (Å²) in [6.07, 6.45) is 1.65. The third-order valence-corrected chi connectivity index (χ3v) is 5.78. The van der Waals surface area contributed by atoms with Gasteiger partial charge in [0.2, 0.25) is 0 Å². The molecule has 140 valence electrons. The van der Waals surface area contributed by atoms with Gasteiger partial charge in [-0.25, -0.2) is 0 Å². The number of hydrogen-bond donors (Lipinski definition) is 0. The number of halogens is 2. The van der Waals surface area contributed by atoms with E-state index in [4.69, 9.17) is 21.1 Å². The molecule has 3 rings (SSSR count). The average molecular weight is 469 g/mol. The number of thioether (sulfide) groups is 1. The molecule has 8 heteroatoms. The number of hydrogen-bond acceptors (Lipinski definition) is 5. The summed E-state index contributed by atoms with van der Waals surface area (Å²) in [5.74, 6) is 0.704. The van der Waals surface area contributed by atoms with Gasteiger partial charge in [0.25, 0.3) is 11.1 Å². The lowest BCUT2D eigenvalue weighted by Gasteiger charge is -2.14. The van der Waals surface area contributed by atoms with Crippen LogP contribution in [0.15, 0.2) is 45.8 Å². The number of nitrogens with zero attached hydrogens (tertiary/aromatic N) is 1. The molecule has 0 bridgehead atoms. The molecule has 1 heterocycles. The number of ether oxygens (including phenoxy) is 2. The predicted octanol–water partition coefficient (Wildman–Crippen LogP) is 5.36. The second kappa shape index (κ2) is 8.37. The van der Waals surface area contributed by atoms with Crippen molar-refractivity contribution in [1.29, 1.82) is 0 Å². The zero-order chi connectivity index (χ0) is 19.6. The van der Waals surface area contributed by atoms with Gasteiger partial charge in [-0.1, -0.05) is 29.8 Å². The monoisotopic (exact) mass is 467 g/mol. The maximum absolute atomic E-state index is 12.1. The molecule has 5 nitrogen and oxygen atoms in total. The molecule has 1 aliphatic rings. The van der Waals surface area contributed by atoms with E-state index in [9.17, 15) is 9.59 Å². The second-order valence-electron chi connectivity index (χ2n) is 5.65. The highest BCUT2D eigenvalue weighted by atomic mass is 79.9. The minimum Gasteiger partial charge on any atom is -0.493 e. The molecule has 0 spiro atoms. The van der Waals surface area contributed by atoms with Gasteiger partial charge in [-0.2, -0.15) is 0 Å². The first-order valence-electron chi connectivity index (χ1n) is 7.86. The fourth-order valence-electron chi connectivity index (χ4n) is 2.43. The van der Waals surface area contributed by atoms with E-state index in [1.807, 2.05) is 18.2 Å². The highest BCUT2D eigenvalue weighted by molar-refractivity contribution is 9.10. The molecule has 1 saturated heterocycles. The van der Waals surface area contributed by atoms with E-state index < -0.39 is 0 Å². The van der Waals surface area contributed by atoms with Gasteiger partial charge in [-0.15, -0.1) is 0 Å². The third-order valence-electron chi connectivity index (χ3n) is 3.87. The van der Waals surface area contributed by atoms with Crippen LogP contribution in [0.1, 0.15) is 11.1 Å². The van der Waals surface area contributed by atoms with Crippen LogP contribution in [0.4, 0.5) is 4.79 Å². The van der Waals surface area contributed by atoms with Crippen molar-refractivity contribution in [2.24, 2.45) is 0 Å². The lowest BCUT2D eigenvalue weighted by atomic mass is 10.1. The summed E-state index contributed by atoms with van der Waals surface area (Å²) in [4.78, 5) is 25.1. The highest BCUT2D eigenvalue weighted by Gasteiger charge is 2.31. The standard InChI is InChI=1S/C19H15BrClNO4S/c1-22-18(23)16(27-19(22)24)9-11-7-13(20)17(15(8-11)25-2)26-10-12-5-3-4-6-14(12)21/h3-9H,10H2,1-2H3/b16-9+. The van der Waals surface area contributed by atoms with Gasteiger partial charge in [0.15, 0.2) is 11.5 Å². The van der Waals surface area contributed by atoms with Crippen LogP contribution in [0.2, 0.25) is 5.02 Å². The normalized spacial score (nSPS) is 15.6. The van der Waals surface area contributed by atoms with Crippen molar-refractivity contribution in [1.82, 2.24) is 4.90 Å². The summed E-state index contributed by atoms with van der Waals surface area (Å²) in [6, 6.07) is 11.0. The molecule has 2 amide bonds. The van der Waals surface area contributed by atoms with Crippen LogP contribution in [-0.2, 0) is 11.4 Å². The van der Waals surface area contributed by atoms with Crippen LogP contribution in [0.25, 0.3) is 6.08 Å². The molecule has 1 aliphatic heterocycles. The minimum absolute atomic E-state index is 0.280. The van der Waals surface area contributed by atoms with Crippen molar-refractivity contribution in [2.45, 2.75) is 6.61 Å². The number of carbonyl (C=O) groups is 2. The van der Waals surface area contributed by atoms with Crippen molar-refractivity contribution in [3.05, 3.63) is 61.9 Å². The first-order valence-corrected chi connectivity index (χ1v) is 9.84. The van der Waals surface area contributed by atoms with Gasteiger partial charge < -0.3 is 9.47 Å².